The van der Waals surface area contributed by atoms with E-state index in [4.69, 9.17) is 0 Å². The van der Waals surface area contributed by atoms with Crippen LogP contribution in [0.15, 0.2) is 54.1 Å². The fourth-order valence-electron chi connectivity index (χ4n) is 1.38. The van der Waals surface area contributed by atoms with Gasteiger partial charge in [-0.3, -0.25) is 4.79 Å². The molecule has 2 rings (SSSR count). The number of carbonyl (C=O) groups is 1. The van der Waals surface area contributed by atoms with Crippen LogP contribution in [0.1, 0.15) is 5.56 Å². The highest BCUT2D eigenvalue weighted by molar-refractivity contribution is 6.10. The zero-order valence-corrected chi connectivity index (χ0v) is 8.05. The molecule has 1 aromatic rings. The number of rotatable bonds is 1. The van der Waals surface area contributed by atoms with Crippen LogP contribution in [0.25, 0.3) is 6.08 Å². The van der Waals surface area contributed by atoms with Crippen LogP contribution in [0, 0.1) is 0 Å². The lowest BCUT2D eigenvalue weighted by Gasteiger charge is -2.02. The molecule has 1 aliphatic rings. The van der Waals surface area contributed by atoms with E-state index in [1.165, 1.54) is 6.08 Å². The van der Waals surface area contributed by atoms with Crippen molar-refractivity contribution in [3.8, 4) is 5.75 Å². The Bertz CT molecular complexity index is 479. The number of ketones is 1. The predicted molar refractivity (Wildman–Crippen MR) is 59.4 cm³/mol. The molecule has 1 aromatic carbocycles. The summed E-state index contributed by atoms with van der Waals surface area (Å²) < 4.78 is 0. The van der Waals surface area contributed by atoms with Gasteiger partial charge >= 0.3 is 0 Å². The van der Waals surface area contributed by atoms with Gasteiger partial charge in [-0.25, -0.2) is 0 Å². The fourth-order valence-corrected chi connectivity index (χ4v) is 1.38. The van der Waals surface area contributed by atoms with Crippen LogP contribution < -0.4 is 0 Å². The minimum Gasteiger partial charge on any atom is -0.507 e. The molecular weight excluding hydrogens is 188 g/mol. The van der Waals surface area contributed by atoms with Crippen LogP contribution >= 0.6 is 0 Å². The summed E-state index contributed by atoms with van der Waals surface area (Å²) in [4.78, 5) is 11.4. The van der Waals surface area contributed by atoms with Crippen LogP contribution in [0.4, 0.5) is 0 Å². The van der Waals surface area contributed by atoms with Crippen molar-refractivity contribution in [3.63, 3.8) is 0 Å². The Morgan fingerprint density at radius 1 is 1.07 bits per heavy atom. The highest BCUT2D eigenvalue weighted by atomic mass is 16.3. The summed E-state index contributed by atoms with van der Waals surface area (Å²) >= 11 is 0. The lowest BCUT2D eigenvalue weighted by Crippen LogP contribution is -1.98. The first-order valence-corrected chi connectivity index (χ1v) is 4.66. The molecule has 0 fully saturated rings. The van der Waals surface area contributed by atoms with Gasteiger partial charge in [0.1, 0.15) is 5.75 Å². The van der Waals surface area contributed by atoms with Crippen molar-refractivity contribution in [2.24, 2.45) is 0 Å². The maximum Gasteiger partial charge on any atom is 0.185 e. The standard InChI is InChI=1S/C13H10O2/c14-12-7-3-1-5-10(12)9-11-6-2-4-8-13(11)15/h1-9,14H. The summed E-state index contributed by atoms with van der Waals surface area (Å²) in [5, 5.41) is 9.53. The van der Waals surface area contributed by atoms with Crippen LogP contribution in [0.3, 0.4) is 0 Å². The second kappa shape index (κ2) is 3.96. The first-order valence-electron chi connectivity index (χ1n) is 4.66. The molecule has 2 nitrogen and oxygen atoms in total. The first-order chi connectivity index (χ1) is 7.27. The SMILES string of the molecule is O=C1C=CC=CC1=Cc1ccccc1O. The molecule has 0 spiro atoms. The van der Waals surface area contributed by atoms with Gasteiger partial charge in [0.05, 0.1) is 0 Å². The van der Waals surface area contributed by atoms with Crippen molar-refractivity contribution >= 4 is 11.9 Å². The summed E-state index contributed by atoms with van der Waals surface area (Å²) in [6.45, 7) is 0. The van der Waals surface area contributed by atoms with E-state index in [0.717, 1.165) is 0 Å². The number of hydrogen-bond donors (Lipinski definition) is 1. The van der Waals surface area contributed by atoms with E-state index in [0.29, 0.717) is 11.1 Å². The molecule has 2 heteroatoms. The van der Waals surface area contributed by atoms with E-state index in [-0.39, 0.29) is 11.5 Å². The van der Waals surface area contributed by atoms with Crippen LogP contribution in [-0.2, 0) is 4.79 Å². The van der Waals surface area contributed by atoms with Gasteiger partial charge in [0, 0.05) is 11.1 Å². The summed E-state index contributed by atoms with van der Waals surface area (Å²) in [6.07, 6.45) is 8.41. The number of para-hydroxylation sites is 1. The van der Waals surface area contributed by atoms with E-state index < -0.39 is 0 Å². The number of hydrogen-bond acceptors (Lipinski definition) is 2. The van der Waals surface area contributed by atoms with Crippen LogP contribution in [0.5, 0.6) is 5.75 Å². The lowest BCUT2D eigenvalue weighted by molar-refractivity contribution is -0.111. The Morgan fingerprint density at radius 2 is 1.80 bits per heavy atom. The zero-order valence-electron chi connectivity index (χ0n) is 8.05. The van der Waals surface area contributed by atoms with Gasteiger partial charge in [-0.1, -0.05) is 36.4 Å². The summed E-state index contributed by atoms with van der Waals surface area (Å²) in [5.74, 6) is 0.140. The predicted octanol–water partition coefficient (Wildman–Crippen LogP) is 2.47. The number of benzene rings is 1. The molecule has 0 amide bonds. The summed E-state index contributed by atoms with van der Waals surface area (Å²) in [6, 6.07) is 6.93. The monoisotopic (exact) mass is 198 g/mol. The molecule has 0 saturated heterocycles. The van der Waals surface area contributed by atoms with Gasteiger partial charge in [0.2, 0.25) is 0 Å². The minimum absolute atomic E-state index is 0.0410. The molecule has 1 aliphatic carbocycles. The molecule has 0 saturated carbocycles. The Kier molecular flexibility index (Phi) is 2.50. The van der Waals surface area contributed by atoms with Crippen LogP contribution in [0.2, 0.25) is 0 Å². The number of phenolic OH excluding ortho intramolecular Hbond substituents is 1. The van der Waals surface area contributed by atoms with Gasteiger partial charge in [0.25, 0.3) is 0 Å². The molecule has 0 atom stereocenters. The van der Waals surface area contributed by atoms with Crippen molar-refractivity contribution in [2.45, 2.75) is 0 Å². The quantitative estimate of drug-likeness (QED) is 0.704. The first kappa shape index (κ1) is 9.46. The highest BCUT2D eigenvalue weighted by Crippen LogP contribution is 2.20. The third-order valence-electron chi connectivity index (χ3n) is 2.17. The molecule has 0 bridgehead atoms. The molecule has 1 N–H and O–H groups in total. The maximum absolute atomic E-state index is 11.4. The van der Waals surface area contributed by atoms with E-state index in [2.05, 4.69) is 0 Å². The zero-order chi connectivity index (χ0) is 10.7. The van der Waals surface area contributed by atoms with Gasteiger partial charge in [-0.15, -0.1) is 0 Å². The molecule has 15 heavy (non-hydrogen) atoms. The number of carbonyl (C=O) groups excluding carboxylic acids is 1. The second-order valence-electron chi connectivity index (χ2n) is 3.24. The molecule has 0 heterocycles. The van der Waals surface area contributed by atoms with Crippen molar-refractivity contribution in [1.82, 2.24) is 0 Å². The second-order valence-corrected chi connectivity index (χ2v) is 3.24. The maximum atomic E-state index is 11.4. The normalized spacial score (nSPS) is 17.3. The van der Waals surface area contributed by atoms with Crippen molar-refractivity contribution in [1.29, 1.82) is 0 Å². The number of aromatic hydroxyl groups is 1. The average molecular weight is 198 g/mol. The van der Waals surface area contributed by atoms with E-state index in [9.17, 15) is 9.90 Å². The topological polar surface area (TPSA) is 37.3 Å². The molecule has 0 aromatic heterocycles. The van der Waals surface area contributed by atoms with Gasteiger partial charge < -0.3 is 5.11 Å². The Morgan fingerprint density at radius 3 is 2.53 bits per heavy atom. The third-order valence-corrected chi connectivity index (χ3v) is 2.17. The van der Waals surface area contributed by atoms with E-state index in [1.54, 1.807) is 42.5 Å². The number of allylic oxidation sites excluding steroid dienone is 5. The Balaban J connectivity index is 2.39. The summed E-state index contributed by atoms with van der Waals surface area (Å²) in [7, 11) is 0. The Labute approximate surface area is 87.9 Å². The van der Waals surface area contributed by atoms with E-state index in [1.807, 2.05) is 6.07 Å². The molecule has 0 aliphatic heterocycles. The third kappa shape index (κ3) is 2.05. The lowest BCUT2D eigenvalue weighted by atomic mass is 10.0. The van der Waals surface area contributed by atoms with Gasteiger partial charge in [-0.05, 0) is 18.2 Å². The van der Waals surface area contributed by atoms with Crippen molar-refractivity contribution < 1.29 is 9.90 Å². The molecule has 0 unspecified atom stereocenters. The molecule has 0 radical (unpaired) electrons. The largest absolute Gasteiger partial charge is 0.507 e. The smallest absolute Gasteiger partial charge is 0.185 e. The fraction of sp³-hybridized carbons (Fsp3) is 0. The number of phenols is 1. The molecule has 74 valence electrons. The Hall–Kier alpha value is -2.09. The molecular formula is C13H10O2. The average Bonchev–Trinajstić information content (AvgIpc) is 2.24. The summed E-state index contributed by atoms with van der Waals surface area (Å²) in [5.41, 5.74) is 1.24. The van der Waals surface area contributed by atoms with Crippen LogP contribution in [-0.4, -0.2) is 10.9 Å². The van der Waals surface area contributed by atoms with Crippen molar-refractivity contribution in [3.05, 3.63) is 59.7 Å². The van der Waals surface area contributed by atoms with Gasteiger partial charge in [0.15, 0.2) is 5.78 Å². The van der Waals surface area contributed by atoms with E-state index >= 15 is 0 Å². The highest BCUT2D eigenvalue weighted by Gasteiger charge is 2.06. The van der Waals surface area contributed by atoms with Crippen molar-refractivity contribution in [2.75, 3.05) is 0 Å². The minimum atomic E-state index is -0.0410. The van der Waals surface area contributed by atoms with Gasteiger partial charge in [-0.2, -0.15) is 0 Å².